The fourth-order valence-electron chi connectivity index (χ4n) is 8.77. The van der Waals surface area contributed by atoms with Crippen LogP contribution in [0.3, 0.4) is 0 Å². The van der Waals surface area contributed by atoms with E-state index in [0.717, 1.165) is 116 Å². The number of aliphatic hydroxyl groups excluding tert-OH is 1. The van der Waals surface area contributed by atoms with Crippen molar-refractivity contribution in [2.45, 2.75) is 270 Å². The summed E-state index contributed by atoms with van der Waals surface area (Å²) >= 11 is 0. The normalized spacial score (nSPS) is 14.6. The van der Waals surface area contributed by atoms with Crippen molar-refractivity contribution in [3.05, 3.63) is 122 Å². The number of hydrogen-bond donors (Lipinski definition) is 2. The molecule has 3 atom stereocenters. The number of unbranched alkanes of at least 4 members (excludes halogenated alkanes) is 24. The first-order valence-electron chi connectivity index (χ1n) is 31.9. The second kappa shape index (κ2) is 58.6. The summed E-state index contributed by atoms with van der Waals surface area (Å²) in [6.45, 7) is 4.60. The second-order valence-electron chi connectivity index (χ2n) is 22.4. The summed E-state index contributed by atoms with van der Waals surface area (Å²) in [5.41, 5.74) is 0. The van der Waals surface area contributed by atoms with E-state index in [0.29, 0.717) is 23.9 Å². The zero-order valence-electron chi connectivity index (χ0n) is 51.1. The van der Waals surface area contributed by atoms with Crippen LogP contribution >= 0.6 is 7.82 Å². The number of phosphoric ester groups is 1. The van der Waals surface area contributed by atoms with Crippen LogP contribution in [-0.4, -0.2) is 68.5 Å². The van der Waals surface area contributed by atoms with Gasteiger partial charge in [-0.3, -0.25) is 9.36 Å². The Balaban J connectivity index is 4.22. The van der Waals surface area contributed by atoms with Gasteiger partial charge in [-0.2, -0.15) is 0 Å². The summed E-state index contributed by atoms with van der Waals surface area (Å²) in [4.78, 5) is 25.6. The molecule has 0 bridgehead atoms. The molecule has 448 valence electrons. The number of nitrogens with zero attached hydrogens (tertiary/aromatic N) is 1. The van der Waals surface area contributed by atoms with Crippen molar-refractivity contribution in [3.8, 4) is 0 Å². The summed E-state index contributed by atoms with van der Waals surface area (Å²) in [6.07, 6.45) is 86.7. The Bertz CT molecular complexity index is 1680. The number of aliphatic hydroxyl groups is 1. The molecule has 0 rings (SSSR count). The van der Waals surface area contributed by atoms with E-state index < -0.39 is 20.0 Å². The van der Waals surface area contributed by atoms with Gasteiger partial charge in [0.1, 0.15) is 13.2 Å². The average molecular weight is 1110 g/mol. The smallest absolute Gasteiger partial charge is 0.268 e. The Hall–Kier alpha value is -3.10. The third-order valence-electron chi connectivity index (χ3n) is 13.7. The Labute approximate surface area is 482 Å². The number of carbonyl (C=O) groups excluding carboxylic acids is 1. The zero-order chi connectivity index (χ0) is 57.0. The quantitative estimate of drug-likeness (QED) is 0.0272. The summed E-state index contributed by atoms with van der Waals surface area (Å²) in [5, 5.41) is 14.0. The number of allylic oxidation sites excluding steroid dienone is 20. The third kappa shape index (κ3) is 60.5. The lowest BCUT2D eigenvalue weighted by molar-refractivity contribution is -0.870. The van der Waals surface area contributed by atoms with Gasteiger partial charge < -0.3 is 28.8 Å². The Morgan fingerprint density at radius 3 is 1.14 bits per heavy atom. The first kappa shape index (κ1) is 74.9. The number of likely N-dealkylation sites (N-methyl/N-ethyl adjacent to an activating group) is 1. The van der Waals surface area contributed by atoms with Crippen molar-refractivity contribution in [1.29, 1.82) is 0 Å². The first-order valence-corrected chi connectivity index (χ1v) is 33.3. The van der Waals surface area contributed by atoms with Crippen LogP contribution in [0.15, 0.2) is 122 Å². The minimum atomic E-state index is -4.59. The van der Waals surface area contributed by atoms with Gasteiger partial charge in [-0.1, -0.05) is 283 Å². The number of nitrogens with one attached hydrogen (secondary N) is 1. The summed E-state index contributed by atoms with van der Waals surface area (Å²) in [6, 6.07) is -0.825. The molecule has 9 heteroatoms. The van der Waals surface area contributed by atoms with Crippen molar-refractivity contribution in [1.82, 2.24) is 5.32 Å². The summed E-state index contributed by atoms with van der Waals surface area (Å²) < 4.78 is 23.5. The standard InChI is InChI=1S/C69H121N2O6P/c1-6-8-10-12-14-16-18-20-22-24-26-28-29-30-31-32-33-34-35-36-37-38-39-40-41-43-45-47-49-51-53-55-57-59-61-63-69(73)70-67(66-77-78(74,75)76-65-64-71(3,4)5)68(72)62-60-58-56-54-52-50-48-46-44-42-27-25-23-21-19-17-15-13-11-9-7-2/h8,10,14,16,20,22,26,28,30-31,33-34,36-37,39-40,43,45,49,51,67-68,72H,6-7,9,11-13,15,17-19,21,23-25,27,29,32,35,38,41-42,44,46-48,50,52-66H2,1-5H3,(H-,70,73,74,75)/b10-8-,16-14-,22-20-,28-26-,31-30-,34-33-,37-36-,40-39-,45-43-,51-49-. The fourth-order valence-corrected chi connectivity index (χ4v) is 9.50. The van der Waals surface area contributed by atoms with E-state index in [1.165, 1.54) is 116 Å². The molecule has 78 heavy (non-hydrogen) atoms. The zero-order valence-corrected chi connectivity index (χ0v) is 52.0. The van der Waals surface area contributed by atoms with Gasteiger partial charge in [0.25, 0.3) is 7.82 Å². The molecule has 0 aliphatic heterocycles. The van der Waals surface area contributed by atoms with Crippen LogP contribution in [0.25, 0.3) is 0 Å². The molecule has 0 aromatic heterocycles. The predicted octanol–water partition coefficient (Wildman–Crippen LogP) is 19.5. The molecule has 0 aromatic carbocycles. The van der Waals surface area contributed by atoms with Crippen molar-refractivity contribution in [2.75, 3.05) is 40.9 Å². The Morgan fingerprint density at radius 2 is 0.782 bits per heavy atom. The number of rotatable bonds is 57. The van der Waals surface area contributed by atoms with E-state index >= 15 is 0 Å². The molecule has 8 nitrogen and oxygen atoms in total. The van der Waals surface area contributed by atoms with Crippen LogP contribution in [0.5, 0.6) is 0 Å². The molecule has 0 heterocycles. The fraction of sp³-hybridized carbons (Fsp3) is 0.696. The van der Waals surface area contributed by atoms with Gasteiger partial charge in [0, 0.05) is 6.42 Å². The highest BCUT2D eigenvalue weighted by atomic mass is 31.2. The molecular weight excluding hydrogens is 984 g/mol. The maximum Gasteiger partial charge on any atom is 0.268 e. The second-order valence-corrected chi connectivity index (χ2v) is 23.8. The van der Waals surface area contributed by atoms with Crippen LogP contribution in [0, 0.1) is 0 Å². The van der Waals surface area contributed by atoms with E-state index in [2.05, 4.69) is 141 Å². The highest BCUT2D eigenvalue weighted by molar-refractivity contribution is 7.45. The molecule has 3 unspecified atom stereocenters. The van der Waals surface area contributed by atoms with Gasteiger partial charge in [0.05, 0.1) is 39.9 Å². The lowest BCUT2D eigenvalue weighted by Crippen LogP contribution is -2.46. The highest BCUT2D eigenvalue weighted by Gasteiger charge is 2.24. The van der Waals surface area contributed by atoms with Crippen LogP contribution in [0.1, 0.15) is 258 Å². The molecule has 0 aliphatic carbocycles. The van der Waals surface area contributed by atoms with E-state index in [4.69, 9.17) is 9.05 Å². The van der Waals surface area contributed by atoms with E-state index in [1.807, 2.05) is 21.1 Å². The van der Waals surface area contributed by atoms with Crippen LogP contribution < -0.4 is 10.2 Å². The van der Waals surface area contributed by atoms with Crippen LogP contribution in [-0.2, 0) is 18.4 Å². The van der Waals surface area contributed by atoms with Crippen molar-refractivity contribution in [3.63, 3.8) is 0 Å². The summed E-state index contributed by atoms with van der Waals surface area (Å²) in [7, 11) is 1.27. The van der Waals surface area contributed by atoms with Crippen molar-refractivity contribution < 1.29 is 32.9 Å². The maximum absolute atomic E-state index is 13.0. The van der Waals surface area contributed by atoms with Crippen LogP contribution in [0.2, 0.25) is 0 Å². The third-order valence-corrected chi connectivity index (χ3v) is 14.7. The molecule has 0 saturated heterocycles. The summed E-state index contributed by atoms with van der Waals surface area (Å²) in [5.74, 6) is -0.192. The molecule has 0 spiro atoms. The molecule has 0 saturated carbocycles. The highest BCUT2D eigenvalue weighted by Crippen LogP contribution is 2.38. The lowest BCUT2D eigenvalue weighted by Gasteiger charge is -2.30. The predicted molar refractivity (Wildman–Crippen MR) is 339 cm³/mol. The molecular formula is C69H121N2O6P. The topological polar surface area (TPSA) is 108 Å². The molecule has 2 N–H and O–H groups in total. The first-order chi connectivity index (χ1) is 38.0. The average Bonchev–Trinajstić information content (AvgIpc) is 3.41. The molecule has 0 fully saturated rings. The molecule has 0 aliphatic rings. The number of quaternary nitrogens is 1. The van der Waals surface area contributed by atoms with E-state index in [9.17, 15) is 19.4 Å². The largest absolute Gasteiger partial charge is 0.756 e. The van der Waals surface area contributed by atoms with Gasteiger partial charge in [-0.15, -0.1) is 0 Å². The van der Waals surface area contributed by atoms with Crippen LogP contribution in [0.4, 0.5) is 0 Å². The van der Waals surface area contributed by atoms with Crippen molar-refractivity contribution >= 4 is 13.7 Å². The lowest BCUT2D eigenvalue weighted by atomic mass is 10.0. The van der Waals surface area contributed by atoms with Gasteiger partial charge >= 0.3 is 0 Å². The number of phosphoric acid groups is 1. The van der Waals surface area contributed by atoms with Crippen molar-refractivity contribution in [2.24, 2.45) is 0 Å². The molecule has 1 amide bonds. The van der Waals surface area contributed by atoms with Gasteiger partial charge in [-0.25, -0.2) is 0 Å². The number of amides is 1. The van der Waals surface area contributed by atoms with E-state index in [1.54, 1.807) is 0 Å². The minimum Gasteiger partial charge on any atom is -0.756 e. The maximum atomic E-state index is 13.0. The Morgan fingerprint density at radius 1 is 0.462 bits per heavy atom. The SMILES string of the molecule is CC/C=C\C/C=C\C/C=C\C/C=C\C/C=C\C/C=C\C/C=C\C/C=C\C/C=C\C/C=C\CCCCCCC(=O)NC(COP(=O)([O-])OCC[N+](C)(C)C)C(O)CCCCCCCCCCCCCCCCCCCCCCC. The monoisotopic (exact) mass is 1100 g/mol. The number of hydrogen-bond acceptors (Lipinski definition) is 6. The van der Waals surface area contributed by atoms with Gasteiger partial charge in [0.2, 0.25) is 5.91 Å². The van der Waals surface area contributed by atoms with E-state index in [-0.39, 0.29) is 19.1 Å². The molecule has 0 aromatic rings. The Kier molecular flexibility index (Phi) is 56.2. The number of carbonyl (C=O) groups is 1. The minimum absolute atomic E-state index is 0.000737. The van der Waals surface area contributed by atoms with Gasteiger partial charge in [-0.05, 0) is 89.9 Å². The van der Waals surface area contributed by atoms with Gasteiger partial charge in [0.15, 0.2) is 0 Å². The molecule has 0 radical (unpaired) electrons.